The number of aryl methyl sites for hydroxylation is 1. The predicted octanol–water partition coefficient (Wildman–Crippen LogP) is 14.3. The van der Waals surface area contributed by atoms with Crippen molar-refractivity contribution in [1.29, 1.82) is 26.3 Å². The zero-order valence-corrected chi connectivity index (χ0v) is 76.6. The molecule has 11 aromatic rings. The van der Waals surface area contributed by atoms with Gasteiger partial charge in [0.05, 0.1) is 74.7 Å². The quantitative estimate of drug-likeness (QED) is 0.0192. The third-order valence-electron chi connectivity index (χ3n) is 26.2. The van der Waals surface area contributed by atoms with Crippen molar-refractivity contribution in [2.45, 2.75) is 216 Å². The number of aliphatic hydroxyl groups excluding tert-OH is 4. The van der Waals surface area contributed by atoms with Crippen LogP contribution in [0.2, 0.25) is 0 Å². The first-order chi connectivity index (χ1) is 63.4. The van der Waals surface area contributed by atoms with Gasteiger partial charge in [0.2, 0.25) is 35.6 Å². The number of hydrogen-bond acceptors (Lipinski definition) is 35. The Bertz CT molecular complexity index is 6030. The fourth-order valence-electron chi connectivity index (χ4n) is 15.4. The molecule has 37 nitrogen and oxygen atoms in total. The number of fused-ring (bicyclic) bond motifs is 1. The molecule has 10 atom stereocenters. The van der Waals surface area contributed by atoms with E-state index in [-0.39, 0.29) is 109 Å². The molecule has 10 heterocycles. The lowest BCUT2D eigenvalue weighted by atomic mass is 9.59. The second kappa shape index (κ2) is 43.9. The van der Waals surface area contributed by atoms with Crippen molar-refractivity contribution in [3.05, 3.63) is 184 Å². The van der Waals surface area contributed by atoms with Crippen LogP contribution in [0.3, 0.4) is 0 Å². The van der Waals surface area contributed by atoms with Crippen LogP contribution >= 0.6 is 0 Å². The summed E-state index contributed by atoms with van der Waals surface area (Å²) in [4.78, 5) is 55.0. The number of para-hydroxylation sites is 1. The number of aromatic nitrogens is 16. The zero-order valence-electron chi connectivity index (χ0n) is 76.6. The number of anilines is 10. The van der Waals surface area contributed by atoms with E-state index < -0.39 is 18.0 Å². The minimum Gasteiger partial charge on any atom is -0.481 e. The first-order valence-electron chi connectivity index (χ1n) is 44.0. The standard InChI is InChI=1S/C21H24N6O.C19H24N6O2.C18H22F3N7O.C18H22N6O.C17H22N6O.CH4.5H2/c1-21(2)16(10-17(21)28)26-19-15(11-22)12-25-20(27-19)24-9-7-14-5-3-4-13-6-8-23-18(13)14;1-19(2)14(9-15(19)26)24-17-12(10-20)11-22-18(25-17)21-8-7-13-5-4-6-16(23-13)27-3;1-10-6-13(18(19,20)21)27-28(10)5-4-23-16-24-9-11(8-22)15(26-16)25-12-7-14(29)17(12,2)3;1-18(2)14(9-15(18)25)23-16-12(10-19)11-22-17(24-16)21-8-6-13-5-3-4-7-20-13;1-11-8-14(17(11,2)3)21-15-12(9-18)10-20-16(22-15)19-6-4-13-5-7-24-23-13;;;;;;/h3-6,8,12,16-17,23,28H,7,9-10H2,1-2H3,(H2,24,25,26,27);4-6,11,14-15,26H,7-9H2,1-3H3,(H2,21,22,24,25);6,9,12,14,29H,4-5,7H2,1-3H3,(H2,23,24,25,26);3-5,7,11,14-15,25H,6,8-9H2,1-2H3,(H2,21,22,23,24);5,7,10-11,14H,4,6,8H2,1-3H3,(H2,19,20,21,22);1H4;5*1H/t16-,17+;14-,15+;12-,14+;14-,15+;11-,14+;;;;;;/m11110....../s1. The fourth-order valence-corrected chi connectivity index (χ4v) is 15.4. The molecule has 5 saturated carbocycles. The van der Waals surface area contributed by atoms with Crippen molar-refractivity contribution >= 4 is 69.7 Å². The molecule has 15 N–H and O–H groups in total. The number of pyridine rings is 2. The van der Waals surface area contributed by atoms with Crippen molar-refractivity contribution in [3.8, 4) is 36.2 Å². The van der Waals surface area contributed by atoms with Crippen LogP contribution in [-0.4, -0.2) is 195 Å². The van der Waals surface area contributed by atoms with E-state index in [0.717, 1.165) is 54.3 Å². The molecule has 0 amide bonds. The number of rotatable bonds is 31. The second-order valence-electron chi connectivity index (χ2n) is 36.4. The summed E-state index contributed by atoms with van der Waals surface area (Å²) in [7, 11) is 1.59. The van der Waals surface area contributed by atoms with Gasteiger partial charge in [0, 0.05) is 158 Å². The van der Waals surface area contributed by atoms with Crippen LogP contribution < -0.4 is 57.9 Å². The number of nitriles is 5. The van der Waals surface area contributed by atoms with E-state index in [1.54, 1.807) is 38.8 Å². The molecule has 0 unspecified atom stereocenters. The Morgan fingerprint density at radius 3 is 1.22 bits per heavy atom. The Labute approximate surface area is 784 Å². The molecule has 716 valence electrons. The summed E-state index contributed by atoms with van der Waals surface area (Å²) in [5.41, 5.74) is 5.62. The SMILES string of the molecule is C.CC1(C)[C@@H](O)C[C@H]1Nc1nc(NCCc2cccc3cc[nH]c23)ncc1C#N.CC1(C)[C@@H](O)C[C@H]1Nc1nc(NCCc2ccccn2)ncc1C#N.COc1cccc(CCNc2ncc(C#N)c(N[C@@H]3C[C@H](O)C3(C)C)n2)n1.C[C@H]1C[C@@H](Nc2nc(NCCc3ccon3)ncc2C#N)C1(C)C.Cc1cc(C(F)(F)F)nn1CCNc1ncc(C#N)c(N[C@@H]2C[C@H](O)C2(C)C)n1.[HH].[HH].[HH].[HH].[HH]. The Hall–Kier alpha value is -14.2. The highest BCUT2D eigenvalue weighted by atomic mass is 19.4. The largest absolute Gasteiger partial charge is 0.481 e. The van der Waals surface area contributed by atoms with Gasteiger partial charge in [0.25, 0.3) is 0 Å². The summed E-state index contributed by atoms with van der Waals surface area (Å²) in [6, 6.07) is 33.6. The van der Waals surface area contributed by atoms with Crippen LogP contribution in [-0.2, 0) is 38.4 Å². The van der Waals surface area contributed by atoms with Gasteiger partial charge in [0.15, 0.2) is 5.69 Å². The molecule has 5 fully saturated rings. The molecule has 0 bridgehead atoms. The van der Waals surface area contributed by atoms with Gasteiger partial charge in [-0.15, -0.1) is 0 Å². The molecule has 134 heavy (non-hydrogen) atoms. The summed E-state index contributed by atoms with van der Waals surface area (Å²) in [5.74, 6) is 5.83. The molecule has 40 heteroatoms. The summed E-state index contributed by atoms with van der Waals surface area (Å²) in [6.45, 7) is 27.1. The lowest BCUT2D eigenvalue weighted by Gasteiger charge is -2.51. The Morgan fingerprint density at radius 1 is 0.478 bits per heavy atom. The van der Waals surface area contributed by atoms with Crippen LogP contribution in [0.25, 0.3) is 10.9 Å². The van der Waals surface area contributed by atoms with E-state index in [2.05, 4.69) is 198 Å². The number of ether oxygens (including phenoxy) is 1. The number of nitrogens with zero attached hydrogens (tertiary/aromatic N) is 20. The van der Waals surface area contributed by atoms with Gasteiger partial charge in [0.1, 0.15) is 93.5 Å². The summed E-state index contributed by atoms with van der Waals surface area (Å²) >= 11 is 0. The summed E-state index contributed by atoms with van der Waals surface area (Å²) in [6.07, 6.45) is 13.3. The van der Waals surface area contributed by atoms with Gasteiger partial charge in [-0.25, -0.2) is 29.9 Å². The first-order valence-corrected chi connectivity index (χ1v) is 44.0. The molecule has 5 aliphatic carbocycles. The molecule has 0 radical (unpaired) electrons. The van der Waals surface area contributed by atoms with E-state index >= 15 is 0 Å². The Morgan fingerprint density at radius 2 is 0.866 bits per heavy atom. The number of hydrogen-bond donors (Lipinski definition) is 15. The van der Waals surface area contributed by atoms with Crippen molar-refractivity contribution in [2.24, 2.45) is 33.0 Å². The minimum absolute atomic E-state index is 0. The number of nitrogens with one attached hydrogen (secondary N) is 11. The van der Waals surface area contributed by atoms with Crippen molar-refractivity contribution < 1.29 is 50.0 Å². The topological polar surface area (TPSA) is 544 Å². The van der Waals surface area contributed by atoms with Gasteiger partial charge in [-0.3, -0.25) is 9.67 Å². The van der Waals surface area contributed by atoms with E-state index in [1.807, 2.05) is 104 Å². The maximum Gasteiger partial charge on any atom is 0.435 e. The maximum absolute atomic E-state index is 12.7. The highest BCUT2D eigenvalue weighted by molar-refractivity contribution is 5.82. The lowest BCUT2D eigenvalue weighted by molar-refractivity contribution is -0.141. The molecule has 0 aliphatic heterocycles. The van der Waals surface area contributed by atoms with Crippen molar-refractivity contribution in [1.82, 2.24) is 79.7 Å². The number of aliphatic hydroxyl groups is 4. The predicted molar refractivity (Wildman–Crippen MR) is 512 cm³/mol. The fraction of sp³-hybridized carbons (Fsp3) is 0.479. The Kier molecular flexibility index (Phi) is 32.8. The second-order valence-corrected chi connectivity index (χ2v) is 36.4. The Balaban J connectivity index is 0.000000264. The first kappa shape index (κ1) is 100. The molecule has 0 saturated heterocycles. The molecule has 16 rings (SSSR count). The van der Waals surface area contributed by atoms with Crippen molar-refractivity contribution in [3.63, 3.8) is 0 Å². The number of methoxy groups -OCH3 is 1. The maximum atomic E-state index is 12.7. The summed E-state index contributed by atoms with van der Waals surface area (Å²) < 4.78 is 49.4. The van der Waals surface area contributed by atoms with E-state index in [1.165, 1.54) is 40.4 Å². The highest BCUT2D eigenvalue weighted by Gasteiger charge is 2.51. The molecule has 10 aromatic heterocycles. The van der Waals surface area contributed by atoms with Crippen LogP contribution in [0, 0.1) is 96.6 Å². The van der Waals surface area contributed by atoms with E-state index in [9.17, 15) is 59.9 Å². The number of H-pyrrole nitrogens is 1. The highest BCUT2D eigenvalue weighted by Crippen LogP contribution is 2.49. The molecule has 0 spiro atoms. The van der Waals surface area contributed by atoms with Gasteiger partial charge < -0.3 is 87.8 Å². The van der Waals surface area contributed by atoms with Gasteiger partial charge in [-0.1, -0.05) is 119 Å². The van der Waals surface area contributed by atoms with Gasteiger partial charge >= 0.3 is 6.18 Å². The lowest BCUT2D eigenvalue weighted by Crippen LogP contribution is -2.57. The van der Waals surface area contributed by atoms with E-state index in [4.69, 9.17) is 9.26 Å². The average Bonchev–Trinajstić information content (AvgIpc) is 1.29. The van der Waals surface area contributed by atoms with Crippen LogP contribution in [0.5, 0.6) is 5.88 Å². The molecular weight excluding hydrogens is 1720 g/mol. The number of alkyl halides is 3. The zero-order chi connectivity index (χ0) is 95.6. The van der Waals surface area contributed by atoms with Gasteiger partial charge in [-0.2, -0.15) is 69.5 Å². The van der Waals surface area contributed by atoms with Gasteiger partial charge in [-0.05, 0) is 98.1 Å². The molecular formula is C94H128F3N31O6. The number of halogens is 3. The van der Waals surface area contributed by atoms with Crippen LogP contribution in [0.1, 0.15) is 185 Å². The number of benzene rings is 1. The third kappa shape index (κ3) is 24.5. The normalized spacial score (nSPS) is 20.6. The number of aromatic amines is 1. The van der Waals surface area contributed by atoms with Crippen LogP contribution in [0.15, 0.2) is 127 Å². The third-order valence-corrected chi connectivity index (χ3v) is 26.2. The molecule has 1 aromatic carbocycles. The molecule has 5 aliphatic rings. The monoisotopic (exact) mass is 1840 g/mol. The van der Waals surface area contributed by atoms with Crippen molar-refractivity contribution in [2.75, 3.05) is 93.0 Å². The average molecular weight is 1850 g/mol. The van der Waals surface area contributed by atoms with Crippen LogP contribution in [0.4, 0.5) is 72.0 Å². The summed E-state index contributed by atoms with van der Waals surface area (Å²) in [5, 5.41) is 127. The van der Waals surface area contributed by atoms with E-state index in [0.29, 0.717) is 157 Å². The smallest absolute Gasteiger partial charge is 0.435 e. The minimum atomic E-state index is -4.48.